The number of amides is 1. The van der Waals surface area contributed by atoms with Gasteiger partial charge in [-0.3, -0.25) is 14.5 Å². The predicted octanol–water partition coefficient (Wildman–Crippen LogP) is 1.48. The third-order valence-corrected chi connectivity index (χ3v) is 8.39. The van der Waals surface area contributed by atoms with Crippen LogP contribution in [0.25, 0.3) is 10.6 Å². The number of carbonyl (C=O) groups is 1. The highest BCUT2D eigenvalue weighted by atomic mass is 32.2. The Kier molecular flexibility index (Phi) is 6.58. The van der Waals surface area contributed by atoms with Gasteiger partial charge in [0.2, 0.25) is 21.9 Å². The van der Waals surface area contributed by atoms with Crippen LogP contribution >= 0.6 is 11.3 Å². The van der Waals surface area contributed by atoms with E-state index in [0.29, 0.717) is 66.2 Å². The Morgan fingerprint density at radius 1 is 1.26 bits per heavy atom. The van der Waals surface area contributed by atoms with Crippen molar-refractivity contribution in [3.05, 3.63) is 41.6 Å². The molecule has 35 heavy (non-hydrogen) atoms. The van der Waals surface area contributed by atoms with E-state index in [-0.39, 0.29) is 17.1 Å². The Labute approximate surface area is 206 Å². The lowest BCUT2D eigenvalue weighted by Crippen LogP contribution is -2.49. The van der Waals surface area contributed by atoms with Crippen LogP contribution in [-0.2, 0) is 10.0 Å². The molecule has 1 atom stereocenters. The summed E-state index contributed by atoms with van der Waals surface area (Å²) in [5.74, 6) is 0.183. The SMILES string of the molecule is CCOc1cncc(-c2cnc(C(=O)N3CCNCC3c3ccnc(NS(=O)(=O)C4CC4)n3)s2)n1. The van der Waals surface area contributed by atoms with Crippen molar-refractivity contribution in [2.45, 2.75) is 31.1 Å². The van der Waals surface area contributed by atoms with Gasteiger partial charge in [0.25, 0.3) is 5.91 Å². The van der Waals surface area contributed by atoms with Crippen LogP contribution in [0.2, 0.25) is 0 Å². The third kappa shape index (κ3) is 5.23. The van der Waals surface area contributed by atoms with Crippen molar-refractivity contribution in [2.75, 3.05) is 31.0 Å². The van der Waals surface area contributed by atoms with Gasteiger partial charge in [0.15, 0.2) is 5.01 Å². The molecule has 4 heterocycles. The molecule has 1 saturated heterocycles. The molecule has 3 aromatic rings. The summed E-state index contributed by atoms with van der Waals surface area (Å²) in [6, 6.07) is 1.28. The maximum absolute atomic E-state index is 13.4. The minimum Gasteiger partial charge on any atom is -0.477 e. The summed E-state index contributed by atoms with van der Waals surface area (Å²) in [6.07, 6.45) is 7.51. The average Bonchev–Trinajstić information content (AvgIpc) is 3.62. The van der Waals surface area contributed by atoms with Crippen molar-refractivity contribution in [2.24, 2.45) is 0 Å². The number of carbonyl (C=O) groups excluding carboxylic acids is 1. The summed E-state index contributed by atoms with van der Waals surface area (Å²) in [5.41, 5.74) is 1.12. The van der Waals surface area contributed by atoms with Crippen molar-refractivity contribution in [3.8, 4) is 16.5 Å². The molecule has 14 heteroatoms. The van der Waals surface area contributed by atoms with Gasteiger partial charge in [-0.2, -0.15) is 0 Å². The number of sulfonamides is 1. The fourth-order valence-electron chi connectivity index (χ4n) is 3.71. The minimum atomic E-state index is -3.49. The predicted molar refractivity (Wildman–Crippen MR) is 129 cm³/mol. The van der Waals surface area contributed by atoms with E-state index in [1.54, 1.807) is 23.4 Å². The highest BCUT2D eigenvalue weighted by molar-refractivity contribution is 7.93. The van der Waals surface area contributed by atoms with Crippen LogP contribution in [0.1, 0.15) is 41.3 Å². The Bertz CT molecular complexity index is 1330. The smallest absolute Gasteiger partial charge is 0.283 e. The molecule has 0 bridgehead atoms. The summed E-state index contributed by atoms with van der Waals surface area (Å²) in [5, 5.41) is 3.20. The molecule has 2 N–H and O–H groups in total. The molecule has 2 aliphatic rings. The molecule has 1 unspecified atom stereocenters. The number of hydrogen-bond donors (Lipinski definition) is 2. The van der Waals surface area contributed by atoms with Crippen molar-refractivity contribution in [3.63, 3.8) is 0 Å². The number of hydrogen-bond acceptors (Lipinski definition) is 11. The van der Waals surface area contributed by atoms with Crippen LogP contribution < -0.4 is 14.8 Å². The topological polar surface area (TPSA) is 152 Å². The first-order chi connectivity index (χ1) is 16.9. The fraction of sp³-hybridized carbons (Fsp3) is 0.429. The molecule has 184 valence electrons. The number of anilines is 1. The molecule has 0 radical (unpaired) electrons. The van der Waals surface area contributed by atoms with Gasteiger partial charge in [0, 0.05) is 32.0 Å². The first-order valence-corrected chi connectivity index (χ1v) is 13.6. The second-order valence-corrected chi connectivity index (χ2v) is 11.1. The summed E-state index contributed by atoms with van der Waals surface area (Å²) >= 11 is 1.23. The van der Waals surface area contributed by atoms with Crippen LogP contribution in [0.5, 0.6) is 5.88 Å². The van der Waals surface area contributed by atoms with E-state index in [1.165, 1.54) is 23.7 Å². The number of nitrogens with one attached hydrogen (secondary N) is 2. The van der Waals surface area contributed by atoms with E-state index >= 15 is 0 Å². The number of aromatic nitrogens is 5. The molecule has 1 amide bonds. The summed E-state index contributed by atoms with van der Waals surface area (Å²) in [6.45, 7) is 3.88. The third-order valence-electron chi connectivity index (χ3n) is 5.57. The summed E-state index contributed by atoms with van der Waals surface area (Å²) < 4.78 is 32.5. The van der Waals surface area contributed by atoms with E-state index in [2.05, 4.69) is 35.0 Å². The Morgan fingerprint density at radius 2 is 2.11 bits per heavy atom. The number of piperazine rings is 1. The monoisotopic (exact) mass is 516 g/mol. The first-order valence-electron chi connectivity index (χ1n) is 11.2. The lowest BCUT2D eigenvalue weighted by Gasteiger charge is -2.35. The molecule has 0 spiro atoms. The van der Waals surface area contributed by atoms with Crippen LogP contribution in [0.4, 0.5) is 5.95 Å². The van der Waals surface area contributed by atoms with E-state index < -0.39 is 16.1 Å². The zero-order chi connectivity index (χ0) is 24.4. The van der Waals surface area contributed by atoms with Crippen molar-refractivity contribution in [1.82, 2.24) is 35.1 Å². The Hall–Kier alpha value is -3.23. The van der Waals surface area contributed by atoms with Gasteiger partial charge in [-0.1, -0.05) is 0 Å². The van der Waals surface area contributed by atoms with E-state index in [9.17, 15) is 13.2 Å². The molecular weight excluding hydrogens is 492 g/mol. The molecular formula is C21H24N8O4S2. The zero-order valence-corrected chi connectivity index (χ0v) is 20.5. The van der Waals surface area contributed by atoms with Gasteiger partial charge in [-0.05, 0) is 25.8 Å². The van der Waals surface area contributed by atoms with Crippen LogP contribution in [0, 0.1) is 0 Å². The van der Waals surface area contributed by atoms with Crippen LogP contribution in [0.3, 0.4) is 0 Å². The molecule has 5 rings (SSSR count). The maximum atomic E-state index is 13.4. The highest BCUT2D eigenvalue weighted by Gasteiger charge is 2.37. The molecule has 0 aromatic carbocycles. The van der Waals surface area contributed by atoms with Crippen molar-refractivity contribution < 1.29 is 17.9 Å². The molecule has 2 fully saturated rings. The van der Waals surface area contributed by atoms with Gasteiger partial charge in [-0.15, -0.1) is 11.3 Å². The van der Waals surface area contributed by atoms with Gasteiger partial charge in [0.1, 0.15) is 5.69 Å². The standard InChI is InChI=1S/C21H24N8O4S2/c1-2-33-18-12-23-9-15(26-18)17-11-25-19(34-17)20(30)29-8-7-22-10-16(29)14-5-6-24-21(27-14)28-35(31,32)13-3-4-13/h5-6,9,11-13,16,22H,2-4,7-8,10H2,1H3,(H,24,27,28). The number of rotatable bonds is 8. The molecule has 12 nitrogen and oxygen atoms in total. The van der Waals surface area contributed by atoms with E-state index in [1.807, 2.05) is 6.92 Å². The van der Waals surface area contributed by atoms with E-state index in [0.717, 1.165) is 0 Å². The maximum Gasteiger partial charge on any atom is 0.283 e. The Morgan fingerprint density at radius 3 is 2.91 bits per heavy atom. The Balaban J connectivity index is 1.36. The molecule has 3 aromatic heterocycles. The first kappa shape index (κ1) is 23.5. The second-order valence-electron chi connectivity index (χ2n) is 8.08. The zero-order valence-electron chi connectivity index (χ0n) is 18.9. The fourth-order valence-corrected chi connectivity index (χ4v) is 5.81. The largest absolute Gasteiger partial charge is 0.477 e. The average molecular weight is 517 g/mol. The molecule has 1 aliphatic carbocycles. The van der Waals surface area contributed by atoms with Crippen molar-refractivity contribution in [1.29, 1.82) is 0 Å². The van der Waals surface area contributed by atoms with Crippen LogP contribution in [0.15, 0.2) is 30.9 Å². The molecule has 1 aliphatic heterocycles. The van der Waals surface area contributed by atoms with Gasteiger partial charge in [-0.25, -0.2) is 28.4 Å². The summed E-state index contributed by atoms with van der Waals surface area (Å²) in [4.78, 5) is 37.2. The second kappa shape index (κ2) is 9.79. The number of thiazole rings is 1. The number of ether oxygens (including phenoxy) is 1. The lowest BCUT2D eigenvalue weighted by atomic mass is 10.1. The van der Waals surface area contributed by atoms with E-state index in [4.69, 9.17) is 4.74 Å². The van der Waals surface area contributed by atoms with Gasteiger partial charge in [0.05, 0.1) is 40.9 Å². The molecule has 1 saturated carbocycles. The lowest BCUT2D eigenvalue weighted by molar-refractivity contribution is 0.0629. The minimum absolute atomic E-state index is 0.0108. The van der Waals surface area contributed by atoms with Gasteiger partial charge < -0.3 is 15.0 Å². The van der Waals surface area contributed by atoms with Gasteiger partial charge >= 0.3 is 0 Å². The highest BCUT2D eigenvalue weighted by Crippen LogP contribution is 2.31. The number of nitrogens with zero attached hydrogens (tertiary/aromatic N) is 6. The quantitative estimate of drug-likeness (QED) is 0.450. The summed E-state index contributed by atoms with van der Waals surface area (Å²) in [7, 11) is -3.49. The van der Waals surface area contributed by atoms with Crippen LogP contribution in [-0.4, -0.2) is 75.6 Å². The normalized spacial score (nSPS) is 18.3. The van der Waals surface area contributed by atoms with Crippen molar-refractivity contribution >= 4 is 33.2 Å².